The maximum atomic E-state index is 14.0. The van der Waals surface area contributed by atoms with E-state index in [0.717, 1.165) is 43.5 Å². The standard InChI is InChI=1S/C33H34N6O3/c1-23-34-35-32(42-23)25-10-6-12-29(20-25)38-19-18-31(36-38)39(33(41)26-11-7-13-30(40)21-26)28-16-14-27(15-17-28)37(2)22-24-8-4-3-5-9-24/h3-13,18-21,27-28,40H,14-17,22H2,1-2H3/t27-,28+. The van der Waals surface area contributed by atoms with E-state index in [9.17, 15) is 9.90 Å². The van der Waals surface area contributed by atoms with E-state index in [4.69, 9.17) is 9.52 Å². The van der Waals surface area contributed by atoms with Crippen LogP contribution < -0.4 is 4.90 Å². The average Bonchev–Trinajstić information content (AvgIpc) is 3.68. The second-order valence-electron chi connectivity index (χ2n) is 10.9. The molecule has 0 aliphatic heterocycles. The summed E-state index contributed by atoms with van der Waals surface area (Å²) in [7, 11) is 2.18. The number of rotatable bonds is 8. The van der Waals surface area contributed by atoms with Crippen molar-refractivity contribution in [3.05, 3.63) is 108 Å². The maximum absolute atomic E-state index is 14.0. The van der Waals surface area contributed by atoms with Crippen LogP contribution in [0.2, 0.25) is 0 Å². The van der Waals surface area contributed by atoms with Crippen LogP contribution in [0.1, 0.15) is 47.5 Å². The summed E-state index contributed by atoms with van der Waals surface area (Å²) in [5.74, 6) is 1.40. The van der Waals surface area contributed by atoms with Gasteiger partial charge in [0.25, 0.3) is 5.91 Å². The van der Waals surface area contributed by atoms with Crippen molar-refractivity contribution in [2.75, 3.05) is 11.9 Å². The molecule has 0 atom stereocenters. The van der Waals surface area contributed by atoms with Gasteiger partial charge in [0.2, 0.25) is 11.8 Å². The summed E-state index contributed by atoms with van der Waals surface area (Å²) in [5, 5.41) is 23.0. The number of aromatic hydroxyl groups is 1. The summed E-state index contributed by atoms with van der Waals surface area (Å²) in [4.78, 5) is 18.2. The first-order valence-electron chi connectivity index (χ1n) is 14.3. The number of carbonyl (C=O) groups excluding carboxylic acids is 1. The van der Waals surface area contributed by atoms with Gasteiger partial charge in [-0.05, 0) is 74.7 Å². The Bertz CT molecular complexity index is 1660. The van der Waals surface area contributed by atoms with E-state index >= 15 is 0 Å². The number of anilines is 1. The van der Waals surface area contributed by atoms with Gasteiger partial charge in [-0.15, -0.1) is 15.3 Å². The maximum Gasteiger partial charge on any atom is 0.259 e. The highest BCUT2D eigenvalue weighted by Crippen LogP contribution is 2.32. The van der Waals surface area contributed by atoms with Crippen molar-refractivity contribution in [1.29, 1.82) is 0 Å². The molecule has 0 unspecified atom stereocenters. The third-order valence-corrected chi connectivity index (χ3v) is 7.95. The zero-order valence-corrected chi connectivity index (χ0v) is 23.8. The zero-order chi connectivity index (χ0) is 29.1. The van der Waals surface area contributed by atoms with Gasteiger partial charge in [0.1, 0.15) is 5.75 Å². The molecule has 5 aromatic rings. The molecular weight excluding hydrogens is 528 g/mol. The molecule has 9 heteroatoms. The number of nitrogens with zero attached hydrogens (tertiary/aromatic N) is 6. The van der Waals surface area contributed by atoms with Crippen LogP contribution in [0.4, 0.5) is 5.82 Å². The van der Waals surface area contributed by atoms with Gasteiger partial charge in [0, 0.05) is 48.9 Å². The molecule has 1 N–H and O–H groups in total. The molecule has 2 heterocycles. The Labute approximate surface area is 245 Å². The largest absolute Gasteiger partial charge is 0.508 e. The first-order chi connectivity index (χ1) is 20.4. The first-order valence-corrected chi connectivity index (χ1v) is 14.3. The van der Waals surface area contributed by atoms with Crippen molar-refractivity contribution in [1.82, 2.24) is 24.9 Å². The molecule has 6 rings (SSSR count). The van der Waals surface area contributed by atoms with E-state index in [-0.39, 0.29) is 17.7 Å². The Kier molecular flexibility index (Phi) is 7.83. The van der Waals surface area contributed by atoms with Gasteiger partial charge >= 0.3 is 0 Å². The normalized spacial score (nSPS) is 16.9. The van der Waals surface area contributed by atoms with Crippen molar-refractivity contribution in [2.24, 2.45) is 0 Å². The van der Waals surface area contributed by atoms with Gasteiger partial charge in [-0.2, -0.15) is 0 Å². The summed E-state index contributed by atoms with van der Waals surface area (Å²) in [6.07, 6.45) is 5.52. The molecule has 0 bridgehead atoms. The lowest BCUT2D eigenvalue weighted by molar-refractivity contribution is 0.0957. The van der Waals surface area contributed by atoms with Crippen LogP contribution in [0, 0.1) is 6.92 Å². The van der Waals surface area contributed by atoms with Gasteiger partial charge < -0.3 is 9.52 Å². The minimum Gasteiger partial charge on any atom is -0.508 e. The fourth-order valence-corrected chi connectivity index (χ4v) is 5.77. The lowest BCUT2D eigenvalue weighted by Crippen LogP contribution is -2.46. The Morgan fingerprint density at radius 1 is 0.929 bits per heavy atom. The molecular formula is C33H34N6O3. The lowest BCUT2D eigenvalue weighted by Gasteiger charge is -2.39. The molecule has 42 heavy (non-hydrogen) atoms. The molecule has 1 aliphatic rings. The average molecular weight is 563 g/mol. The second-order valence-corrected chi connectivity index (χ2v) is 10.9. The topological polar surface area (TPSA) is 101 Å². The number of hydrogen-bond acceptors (Lipinski definition) is 7. The Hall–Kier alpha value is -4.76. The molecule has 2 aromatic heterocycles. The molecule has 0 spiro atoms. The van der Waals surface area contributed by atoms with Gasteiger partial charge in [-0.25, -0.2) is 4.68 Å². The fourth-order valence-electron chi connectivity index (χ4n) is 5.77. The molecule has 1 aliphatic carbocycles. The number of amides is 1. The third kappa shape index (κ3) is 5.96. The number of carbonyl (C=O) groups is 1. The Morgan fingerprint density at radius 3 is 2.43 bits per heavy atom. The minimum absolute atomic E-state index is 0.0164. The molecule has 1 fully saturated rings. The summed E-state index contributed by atoms with van der Waals surface area (Å²) in [6, 6.07) is 27.0. The molecule has 1 amide bonds. The lowest BCUT2D eigenvalue weighted by atomic mass is 9.88. The van der Waals surface area contributed by atoms with Crippen LogP contribution in [-0.2, 0) is 6.54 Å². The van der Waals surface area contributed by atoms with Crippen LogP contribution in [0.15, 0.2) is 95.5 Å². The van der Waals surface area contributed by atoms with Gasteiger partial charge in [-0.3, -0.25) is 14.6 Å². The number of benzene rings is 3. The summed E-state index contributed by atoms with van der Waals surface area (Å²) >= 11 is 0. The molecule has 3 aromatic carbocycles. The van der Waals surface area contributed by atoms with E-state index in [0.29, 0.717) is 29.2 Å². The molecule has 1 saturated carbocycles. The van der Waals surface area contributed by atoms with Crippen molar-refractivity contribution in [2.45, 2.75) is 51.2 Å². The SMILES string of the molecule is Cc1nnc(-c2cccc(-n3ccc(N(C(=O)c4cccc(O)c4)[C@H]4CC[C@@H](N(C)Cc5ccccc5)CC4)n3)c2)o1. The van der Waals surface area contributed by atoms with E-state index < -0.39 is 0 Å². The number of hydrogen-bond donors (Lipinski definition) is 1. The predicted octanol–water partition coefficient (Wildman–Crippen LogP) is 6.03. The van der Waals surface area contributed by atoms with E-state index in [1.165, 1.54) is 11.6 Å². The van der Waals surface area contributed by atoms with E-state index in [1.54, 1.807) is 29.8 Å². The number of phenolic OH excluding ortho intramolecular Hbond substituents is 1. The third-order valence-electron chi connectivity index (χ3n) is 7.95. The van der Waals surface area contributed by atoms with Crippen molar-refractivity contribution in [3.8, 4) is 22.9 Å². The van der Waals surface area contributed by atoms with Crippen LogP contribution in [0.5, 0.6) is 5.75 Å². The summed E-state index contributed by atoms with van der Waals surface area (Å²) in [5.41, 5.74) is 3.33. The van der Waals surface area contributed by atoms with Crippen molar-refractivity contribution >= 4 is 11.7 Å². The summed E-state index contributed by atoms with van der Waals surface area (Å²) < 4.78 is 7.36. The van der Waals surface area contributed by atoms with Crippen LogP contribution in [-0.4, -0.2) is 55.0 Å². The number of phenols is 1. The van der Waals surface area contributed by atoms with Gasteiger partial charge in [-0.1, -0.05) is 42.5 Å². The van der Waals surface area contributed by atoms with Gasteiger partial charge in [0.05, 0.1) is 5.69 Å². The number of aromatic nitrogens is 4. The smallest absolute Gasteiger partial charge is 0.259 e. The highest BCUT2D eigenvalue weighted by Gasteiger charge is 2.33. The van der Waals surface area contributed by atoms with E-state index in [1.807, 2.05) is 47.5 Å². The fraction of sp³-hybridized carbons (Fsp3) is 0.273. The number of aryl methyl sites for hydroxylation is 1. The first kappa shape index (κ1) is 27.4. The highest BCUT2D eigenvalue weighted by atomic mass is 16.4. The van der Waals surface area contributed by atoms with E-state index in [2.05, 4.69) is 46.4 Å². The van der Waals surface area contributed by atoms with Crippen molar-refractivity contribution in [3.63, 3.8) is 0 Å². The predicted molar refractivity (Wildman–Crippen MR) is 160 cm³/mol. The monoisotopic (exact) mass is 562 g/mol. The Morgan fingerprint density at radius 2 is 1.69 bits per heavy atom. The van der Waals surface area contributed by atoms with Crippen LogP contribution in [0.25, 0.3) is 17.1 Å². The second kappa shape index (κ2) is 12.0. The highest BCUT2D eigenvalue weighted by molar-refractivity contribution is 6.06. The summed E-state index contributed by atoms with van der Waals surface area (Å²) in [6.45, 7) is 2.65. The quantitative estimate of drug-likeness (QED) is 0.247. The molecule has 214 valence electrons. The van der Waals surface area contributed by atoms with Crippen LogP contribution in [0.3, 0.4) is 0 Å². The molecule has 0 saturated heterocycles. The molecule has 0 radical (unpaired) electrons. The van der Waals surface area contributed by atoms with Crippen molar-refractivity contribution < 1.29 is 14.3 Å². The van der Waals surface area contributed by atoms with Gasteiger partial charge in [0.15, 0.2) is 5.82 Å². The Balaban J connectivity index is 1.24. The van der Waals surface area contributed by atoms with Crippen LogP contribution >= 0.6 is 0 Å². The molecule has 9 nitrogen and oxygen atoms in total. The minimum atomic E-state index is -0.174. The zero-order valence-electron chi connectivity index (χ0n) is 23.8.